The van der Waals surface area contributed by atoms with Crippen molar-refractivity contribution >= 4 is 29.7 Å². The van der Waals surface area contributed by atoms with E-state index in [1.165, 1.54) is 0 Å². The fraction of sp³-hybridized carbons (Fsp3) is 0.562. The van der Waals surface area contributed by atoms with Crippen molar-refractivity contribution < 1.29 is 4.79 Å². The summed E-state index contributed by atoms with van der Waals surface area (Å²) < 4.78 is 1.75. The van der Waals surface area contributed by atoms with Gasteiger partial charge in [-0.1, -0.05) is 0 Å². The number of hydrogen-bond donors (Lipinski definition) is 1. The molecule has 2 aromatic heterocycles. The molecule has 1 fully saturated rings. The van der Waals surface area contributed by atoms with Gasteiger partial charge < -0.3 is 10.2 Å². The Morgan fingerprint density at radius 2 is 2.29 bits per heavy atom. The highest BCUT2D eigenvalue weighted by Crippen LogP contribution is 2.19. The molecule has 0 radical (unpaired) electrons. The third-order valence-corrected chi connectivity index (χ3v) is 5.36. The largest absolute Gasteiger partial charge is 0.332 e. The molecule has 3 heterocycles. The number of nitrogens with one attached hydrogen (secondary N) is 1. The third kappa shape index (κ3) is 4.15. The first-order valence-electron chi connectivity index (χ1n) is 7.94. The quantitative estimate of drug-likeness (QED) is 0.877. The van der Waals surface area contributed by atoms with Crippen LogP contribution >= 0.6 is 23.7 Å². The second kappa shape index (κ2) is 8.09. The predicted octanol–water partition coefficient (Wildman–Crippen LogP) is 2.17. The molecule has 0 aromatic carbocycles. The van der Waals surface area contributed by atoms with Crippen molar-refractivity contribution in [1.29, 1.82) is 0 Å². The predicted molar refractivity (Wildman–Crippen MR) is 97.8 cm³/mol. The molecule has 2 aromatic rings. The van der Waals surface area contributed by atoms with E-state index in [9.17, 15) is 4.79 Å². The lowest BCUT2D eigenvalue weighted by Gasteiger charge is -2.24. The summed E-state index contributed by atoms with van der Waals surface area (Å²) in [4.78, 5) is 20.3. The number of hydrogen-bond acceptors (Lipinski definition) is 5. The molecule has 1 aliphatic heterocycles. The smallest absolute Gasteiger partial charge is 0.274 e. The normalized spacial score (nSPS) is 16.9. The minimum Gasteiger partial charge on any atom is -0.332 e. The molecule has 1 N–H and O–H groups in total. The number of aromatic nitrogens is 3. The molecule has 24 heavy (non-hydrogen) atoms. The van der Waals surface area contributed by atoms with E-state index >= 15 is 0 Å². The molecule has 0 saturated carbocycles. The van der Waals surface area contributed by atoms with E-state index in [-0.39, 0.29) is 18.3 Å². The van der Waals surface area contributed by atoms with Gasteiger partial charge in [0, 0.05) is 24.2 Å². The van der Waals surface area contributed by atoms with Crippen LogP contribution in [0.3, 0.4) is 0 Å². The second-order valence-electron chi connectivity index (χ2n) is 6.20. The summed E-state index contributed by atoms with van der Waals surface area (Å²) in [6.07, 6.45) is 1.12. The van der Waals surface area contributed by atoms with Gasteiger partial charge in [-0.25, -0.2) is 4.98 Å². The minimum absolute atomic E-state index is 0. The van der Waals surface area contributed by atoms with Crippen LogP contribution in [0.5, 0.6) is 0 Å². The maximum atomic E-state index is 12.9. The van der Waals surface area contributed by atoms with E-state index in [0.29, 0.717) is 18.2 Å². The molecule has 132 valence electrons. The molecule has 0 spiro atoms. The number of carbonyl (C=O) groups is 1. The summed E-state index contributed by atoms with van der Waals surface area (Å²) in [5.41, 5.74) is 4.37. The van der Waals surface area contributed by atoms with Crippen molar-refractivity contribution in [2.24, 2.45) is 13.0 Å². The van der Waals surface area contributed by atoms with E-state index in [1.807, 2.05) is 37.4 Å². The van der Waals surface area contributed by atoms with E-state index < -0.39 is 0 Å². The lowest BCUT2D eigenvalue weighted by Crippen LogP contribution is -2.36. The second-order valence-corrected chi connectivity index (χ2v) is 7.14. The van der Waals surface area contributed by atoms with Crippen LogP contribution in [0, 0.1) is 19.8 Å². The highest BCUT2D eigenvalue weighted by molar-refractivity contribution is 7.09. The number of thiazole rings is 1. The van der Waals surface area contributed by atoms with Gasteiger partial charge in [-0.15, -0.1) is 23.7 Å². The van der Waals surface area contributed by atoms with Crippen LogP contribution in [0.1, 0.15) is 33.2 Å². The summed E-state index contributed by atoms with van der Waals surface area (Å²) in [5, 5.41) is 7.73. The Bertz CT molecular complexity index is 673. The van der Waals surface area contributed by atoms with Crippen LogP contribution in [0.15, 0.2) is 11.6 Å². The zero-order valence-corrected chi connectivity index (χ0v) is 15.9. The Morgan fingerprint density at radius 3 is 2.83 bits per heavy atom. The number of carbonyl (C=O) groups excluding carboxylic acids is 1. The summed E-state index contributed by atoms with van der Waals surface area (Å²) in [7, 11) is 1.87. The first kappa shape index (κ1) is 18.9. The van der Waals surface area contributed by atoms with Crippen LogP contribution in [0.2, 0.25) is 0 Å². The standard InChI is InChI=1S/C16H23N5OS.ClH/c1-11-6-14(19-20(11)3)16(22)21(8-13-4-5-17-7-13)9-15-12(2)18-10-23-15;/h6,10,13,17H,4-5,7-9H2,1-3H3;1H. The molecular weight excluding hydrogens is 346 g/mol. The fourth-order valence-electron chi connectivity index (χ4n) is 2.88. The van der Waals surface area contributed by atoms with Crippen molar-refractivity contribution in [2.75, 3.05) is 19.6 Å². The molecule has 6 nitrogen and oxygen atoms in total. The monoisotopic (exact) mass is 369 g/mol. The number of nitrogens with zero attached hydrogens (tertiary/aromatic N) is 4. The highest BCUT2D eigenvalue weighted by atomic mass is 35.5. The molecule has 8 heteroatoms. The van der Waals surface area contributed by atoms with Gasteiger partial charge in [-0.3, -0.25) is 9.48 Å². The molecular formula is C16H24ClN5OS. The number of aryl methyl sites for hydroxylation is 3. The summed E-state index contributed by atoms with van der Waals surface area (Å²) in [5.74, 6) is 0.519. The Balaban J connectivity index is 0.00000208. The van der Waals surface area contributed by atoms with Crippen LogP contribution in [0.25, 0.3) is 0 Å². The van der Waals surface area contributed by atoms with E-state index in [2.05, 4.69) is 15.4 Å². The van der Waals surface area contributed by atoms with Crippen LogP contribution in [-0.4, -0.2) is 45.2 Å². The Hall–Kier alpha value is -1.44. The topological polar surface area (TPSA) is 63.1 Å². The maximum absolute atomic E-state index is 12.9. The molecule has 1 atom stereocenters. The minimum atomic E-state index is 0. The van der Waals surface area contributed by atoms with Crippen molar-refractivity contribution in [2.45, 2.75) is 26.8 Å². The zero-order chi connectivity index (χ0) is 16.4. The lowest BCUT2D eigenvalue weighted by molar-refractivity contribution is 0.0713. The van der Waals surface area contributed by atoms with Gasteiger partial charge in [0.15, 0.2) is 5.69 Å². The molecule has 1 aliphatic rings. The first-order chi connectivity index (χ1) is 11.0. The van der Waals surface area contributed by atoms with Gasteiger partial charge in [-0.2, -0.15) is 5.10 Å². The third-order valence-electron chi connectivity index (χ3n) is 4.44. The lowest BCUT2D eigenvalue weighted by atomic mass is 10.1. The van der Waals surface area contributed by atoms with Crippen LogP contribution in [0.4, 0.5) is 0 Å². The van der Waals surface area contributed by atoms with Crippen molar-refractivity contribution in [3.63, 3.8) is 0 Å². The number of rotatable bonds is 5. The molecule has 1 saturated heterocycles. The molecule has 3 rings (SSSR count). The van der Waals surface area contributed by atoms with Gasteiger partial charge in [0.25, 0.3) is 5.91 Å². The van der Waals surface area contributed by atoms with Gasteiger partial charge in [-0.05, 0) is 45.3 Å². The summed E-state index contributed by atoms with van der Waals surface area (Å²) >= 11 is 1.61. The SMILES string of the molecule is Cc1ncsc1CN(CC1CCNC1)C(=O)c1cc(C)n(C)n1.Cl. The molecule has 0 aliphatic carbocycles. The fourth-order valence-corrected chi connectivity index (χ4v) is 3.67. The number of amides is 1. The molecule has 0 bridgehead atoms. The highest BCUT2D eigenvalue weighted by Gasteiger charge is 2.25. The summed E-state index contributed by atoms with van der Waals surface area (Å²) in [6, 6.07) is 1.86. The van der Waals surface area contributed by atoms with Crippen molar-refractivity contribution in [1.82, 2.24) is 25.0 Å². The van der Waals surface area contributed by atoms with Crippen molar-refractivity contribution in [3.8, 4) is 0 Å². The van der Waals surface area contributed by atoms with E-state index in [1.54, 1.807) is 16.0 Å². The van der Waals surface area contributed by atoms with E-state index in [4.69, 9.17) is 0 Å². The Kier molecular flexibility index (Phi) is 6.37. The van der Waals surface area contributed by atoms with Gasteiger partial charge in [0.05, 0.1) is 17.7 Å². The molecule has 1 unspecified atom stereocenters. The first-order valence-corrected chi connectivity index (χ1v) is 8.82. The molecule has 1 amide bonds. The summed E-state index contributed by atoms with van der Waals surface area (Å²) in [6.45, 7) is 7.35. The van der Waals surface area contributed by atoms with Gasteiger partial charge in [0.2, 0.25) is 0 Å². The number of halogens is 1. The Labute approximate surface area is 152 Å². The van der Waals surface area contributed by atoms with E-state index in [0.717, 1.165) is 42.3 Å². The van der Waals surface area contributed by atoms with Gasteiger partial charge >= 0.3 is 0 Å². The Morgan fingerprint density at radius 1 is 1.50 bits per heavy atom. The van der Waals surface area contributed by atoms with Crippen molar-refractivity contribution in [3.05, 3.63) is 33.5 Å². The van der Waals surface area contributed by atoms with Crippen LogP contribution in [-0.2, 0) is 13.6 Å². The average molecular weight is 370 g/mol. The maximum Gasteiger partial charge on any atom is 0.274 e. The van der Waals surface area contributed by atoms with Crippen LogP contribution < -0.4 is 5.32 Å². The zero-order valence-electron chi connectivity index (χ0n) is 14.3. The average Bonchev–Trinajstić information content (AvgIpc) is 3.23. The van der Waals surface area contributed by atoms with Gasteiger partial charge in [0.1, 0.15) is 0 Å².